The Balaban J connectivity index is 1.89. The lowest BCUT2D eigenvalue weighted by Gasteiger charge is -2.08. The average molecular weight is 310 g/mol. The van der Waals surface area contributed by atoms with Crippen molar-refractivity contribution in [3.05, 3.63) is 65.7 Å². The molecule has 0 aliphatic carbocycles. The zero-order valence-corrected chi connectivity index (χ0v) is 13.3. The molecule has 0 bridgehead atoms. The summed E-state index contributed by atoms with van der Waals surface area (Å²) in [5, 5.41) is 2.84. The van der Waals surface area contributed by atoms with E-state index in [1.165, 1.54) is 6.08 Å². The van der Waals surface area contributed by atoms with Gasteiger partial charge in [0.2, 0.25) is 5.91 Å². The van der Waals surface area contributed by atoms with Gasteiger partial charge in [-0.25, -0.2) is 0 Å². The predicted molar refractivity (Wildman–Crippen MR) is 94.0 cm³/mol. The summed E-state index contributed by atoms with van der Waals surface area (Å²) in [6, 6.07) is 15.3. The van der Waals surface area contributed by atoms with Crippen LogP contribution in [0.3, 0.4) is 0 Å². The summed E-state index contributed by atoms with van der Waals surface area (Å²) in [5.74, 6) is 0.538. The second-order valence-electron chi connectivity index (χ2n) is 5.18. The molecule has 1 amide bonds. The second-order valence-corrected chi connectivity index (χ2v) is 5.18. The molecular weight excluding hydrogens is 288 g/mol. The minimum absolute atomic E-state index is 0.140. The fourth-order valence-electron chi connectivity index (χ4n) is 2.03. The van der Waals surface area contributed by atoms with E-state index >= 15 is 0 Å². The van der Waals surface area contributed by atoms with Crippen LogP contribution in [0.5, 0.6) is 5.75 Å². The van der Waals surface area contributed by atoms with Gasteiger partial charge in [0.25, 0.3) is 0 Å². The summed E-state index contributed by atoms with van der Waals surface area (Å²) in [7, 11) is 0. The number of amides is 1. The lowest BCUT2D eigenvalue weighted by Crippen LogP contribution is -2.20. The van der Waals surface area contributed by atoms with E-state index in [9.17, 15) is 4.79 Å². The van der Waals surface area contributed by atoms with Crippen LogP contribution in [-0.4, -0.2) is 12.5 Å². The van der Waals surface area contributed by atoms with Crippen LogP contribution >= 0.6 is 0 Å². The van der Waals surface area contributed by atoms with Crippen molar-refractivity contribution in [3.8, 4) is 5.75 Å². The van der Waals surface area contributed by atoms with E-state index in [-0.39, 0.29) is 5.91 Å². The molecule has 0 spiro atoms. The number of carbonyl (C=O) groups is 1. The Morgan fingerprint density at radius 2 is 2.00 bits per heavy atom. The molecule has 2 aromatic rings. The van der Waals surface area contributed by atoms with Crippen molar-refractivity contribution >= 4 is 17.7 Å². The maximum atomic E-state index is 11.8. The minimum Gasteiger partial charge on any atom is -0.491 e. The second kappa shape index (κ2) is 8.63. The van der Waals surface area contributed by atoms with Crippen LogP contribution in [0.1, 0.15) is 24.5 Å². The highest BCUT2D eigenvalue weighted by atomic mass is 16.5. The molecule has 0 atom stereocenters. The van der Waals surface area contributed by atoms with Gasteiger partial charge in [-0.15, -0.1) is 0 Å². The third-order valence-corrected chi connectivity index (χ3v) is 3.23. The Morgan fingerprint density at radius 3 is 2.70 bits per heavy atom. The third kappa shape index (κ3) is 5.51. The highest BCUT2D eigenvalue weighted by Gasteiger charge is 2.01. The van der Waals surface area contributed by atoms with E-state index in [0.29, 0.717) is 24.6 Å². The molecule has 23 heavy (non-hydrogen) atoms. The maximum Gasteiger partial charge on any atom is 0.244 e. The van der Waals surface area contributed by atoms with Gasteiger partial charge in [0, 0.05) is 12.6 Å². The molecule has 0 aliphatic rings. The van der Waals surface area contributed by atoms with Crippen molar-refractivity contribution in [2.45, 2.75) is 19.9 Å². The van der Waals surface area contributed by atoms with Gasteiger partial charge in [0.05, 0.1) is 12.3 Å². The van der Waals surface area contributed by atoms with Crippen LogP contribution in [0.25, 0.3) is 6.08 Å². The molecule has 2 rings (SSSR count). The molecule has 0 fully saturated rings. The monoisotopic (exact) mass is 310 g/mol. The van der Waals surface area contributed by atoms with Crippen LogP contribution in [-0.2, 0) is 11.3 Å². The fourth-order valence-corrected chi connectivity index (χ4v) is 2.03. The van der Waals surface area contributed by atoms with Crippen molar-refractivity contribution in [1.82, 2.24) is 5.32 Å². The zero-order valence-electron chi connectivity index (χ0n) is 13.3. The first kappa shape index (κ1) is 16.6. The molecule has 120 valence electrons. The molecule has 0 heterocycles. The van der Waals surface area contributed by atoms with Gasteiger partial charge < -0.3 is 15.8 Å². The van der Waals surface area contributed by atoms with E-state index < -0.39 is 0 Å². The van der Waals surface area contributed by atoms with Crippen LogP contribution in [0.15, 0.2) is 54.6 Å². The highest BCUT2D eigenvalue weighted by Crippen LogP contribution is 2.23. The number of nitrogens with one attached hydrogen (secondary N) is 1. The summed E-state index contributed by atoms with van der Waals surface area (Å²) in [6.45, 7) is 3.19. The van der Waals surface area contributed by atoms with Gasteiger partial charge in [0.15, 0.2) is 0 Å². The van der Waals surface area contributed by atoms with Gasteiger partial charge in [-0.2, -0.15) is 0 Å². The van der Waals surface area contributed by atoms with Crippen molar-refractivity contribution < 1.29 is 9.53 Å². The van der Waals surface area contributed by atoms with E-state index in [1.807, 2.05) is 49.4 Å². The zero-order chi connectivity index (χ0) is 16.5. The standard InChI is InChI=1S/C19H22N2O2/c1-2-12-23-18-10-8-15(13-17(18)20)9-11-19(22)21-14-16-6-4-3-5-7-16/h3-11,13H,2,12,14,20H2,1H3,(H,21,22)/b11-9-. The Morgan fingerprint density at radius 1 is 1.22 bits per heavy atom. The topological polar surface area (TPSA) is 64.3 Å². The lowest BCUT2D eigenvalue weighted by atomic mass is 10.1. The predicted octanol–water partition coefficient (Wildman–Crippen LogP) is 3.39. The molecule has 4 heteroatoms. The number of carbonyl (C=O) groups excluding carboxylic acids is 1. The number of nitrogens with two attached hydrogens (primary N) is 1. The van der Waals surface area contributed by atoms with Crippen molar-refractivity contribution in [2.75, 3.05) is 12.3 Å². The third-order valence-electron chi connectivity index (χ3n) is 3.23. The summed E-state index contributed by atoms with van der Waals surface area (Å²) in [5.41, 5.74) is 8.45. The minimum atomic E-state index is -0.140. The molecule has 4 nitrogen and oxygen atoms in total. The Kier molecular flexibility index (Phi) is 6.24. The molecule has 0 saturated heterocycles. The van der Waals surface area contributed by atoms with Crippen LogP contribution < -0.4 is 15.8 Å². The summed E-state index contributed by atoms with van der Waals surface area (Å²) in [6.07, 6.45) is 4.17. The largest absolute Gasteiger partial charge is 0.491 e. The lowest BCUT2D eigenvalue weighted by molar-refractivity contribution is -0.116. The van der Waals surface area contributed by atoms with Crippen molar-refractivity contribution in [3.63, 3.8) is 0 Å². The number of hydrogen-bond acceptors (Lipinski definition) is 3. The first-order chi connectivity index (χ1) is 11.2. The number of anilines is 1. The molecule has 0 radical (unpaired) electrons. The molecular formula is C19H22N2O2. The van der Waals surface area contributed by atoms with Gasteiger partial charge in [0.1, 0.15) is 5.75 Å². The Hall–Kier alpha value is -2.75. The average Bonchev–Trinajstić information content (AvgIpc) is 2.58. The van der Waals surface area contributed by atoms with E-state index in [4.69, 9.17) is 10.5 Å². The maximum absolute atomic E-state index is 11.8. The Labute approximate surface area is 137 Å². The molecule has 0 aromatic heterocycles. The number of nitrogen functional groups attached to an aromatic ring is 1. The Bertz CT molecular complexity index is 666. The normalized spacial score (nSPS) is 10.7. The molecule has 0 saturated carbocycles. The number of hydrogen-bond donors (Lipinski definition) is 2. The number of rotatable bonds is 7. The molecule has 0 unspecified atom stereocenters. The van der Waals surface area contributed by atoms with Gasteiger partial charge in [-0.3, -0.25) is 4.79 Å². The number of ether oxygens (including phenoxy) is 1. The first-order valence-electron chi connectivity index (χ1n) is 7.71. The van der Waals surface area contributed by atoms with Crippen LogP contribution in [0.2, 0.25) is 0 Å². The molecule has 3 N–H and O–H groups in total. The summed E-state index contributed by atoms with van der Waals surface area (Å²) >= 11 is 0. The van der Waals surface area contributed by atoms with E-state index in [2.05, 4.69) is 5.32 Å². The highest BCUT2D eigenvalue weighted by molar-refractivity contribution is 5.91. The van der Waals surface area contributed by atoms with Gasteiger partial charge in [-0.1, -0.05) is 43.3 Å². The molecule has 2 aromatic carbocycles. The van der Waals surface area contributed by atoms with E-state index in [0.717, 1.165) is 17.5 Å². The van der Waals surface area contributed by atoms with Gasteiger partial charge >= 0.3 is 0 Å². The first-order valence-corrected chi connectivity index (χ1v) is 7.71. The summed E-state index contributed by atoms with van der Waals surface area (Å²) < 4.78 is 5.53. The SMILES string of the molecule is CCCOc1ccc(/C=C\C(=O)NCc2ccccc2)cc1N. The van der Waals surface area contributed by atoms with Crippen LogP contribution in [0.4, 0.5) is 5.69 Å². The van der Waals surface area contributed by atoms with Crippen LogP contribution in [0, 0.1) is 0 Å². The smallest absolute Gasteiger partial charge is 0.244 e. The van der Waals surface area contributed by atoms with E-state index in [1.54, 1.807) is 12.1 Å². The molecule has 0 aliphatic heterocycles. The van der Waals surface area contributed by atoms with Gasteiger partial charge in [-0.05, 0) is 35.8 Å². The quantitative estimate of drug-likeness (QED) is 0.608. The van der Waals surface area contributed by atoms with Crippen molar-refractivity contribution in [1.29, 1.82) is 0 Å². The number of benzene rings is 2. The fraction of sp³-hybridized carbons (Fsp3) is 0.211. The summed E-state index contributed by atoms with van der Waals surface area (Å²) in [4.78, 5) is 11.8. The van der Waals surface area contributed by atoms with Crippen molar-refractivity contribution in [2.24, 2.45) is 0 Å².